The van der Waals surface area contributed by atoms with Crippen molar-refractivity contribution < 1.29 is 9.13 Å². The fourth-order valence-electron chi connectivity index (χ4n) is 3.93. The number of thiophene rings is 1. The van der Waals surface area contributed by atoms with Crippen molar-refractivity contribution in [2.24, 2.45) is 0 Å². The minimum absolute atomic E-state index is 0.104. The van der Waals surface area contributed by atoms with E-state index in [1.54, 1.807) is 13.2 Å². The van der Waals surface area contributed by atoms with E-state index in [4.69, 9.17) is 4.74 Å². The van der Waals surface area contributed by atoms with Gasteiger partial charge in [0.1, 0.15) is 16.3 Å². The maximum atomic E-state index is 15.2. The zero-order valence-corrected chi connectivity index (χ0v) is 18.1. The highest BCUT2D eigenvalue weighted by Gasteiger charge is 2.24. The van der Waals surface area contributed by atoms with Gasteiger partial charge < -0.3 is 9.72 Å². The van der Waals surface area contributed by atoms with E-state index >= 15 is 4.39 Å². The van der Waals surface area contributed by atoms with Crippen LogP contribution in [0.25, 0.3) is 32.1 Å². The maximum Gasteiger partial charge on any atom is 0.266 e. The first-order chi connectivity index (χ1) is 13.8. The maximum absolute atomic E-state index is 15.2. The Labute approximate surface area is 173 Å². The first kappa shape index (κ1) is 19.6. The average molecular weight is 410 g/mol. The van der Waals surface area contributed by atoms with E-state index in [0.717, 1.165) is 39.4 Å². The smallest absolute Gasteiger partial charge is 0.266 e. The van der Waals surface area contributed by atoms with Crippen LogP contribution in [-0.2, 0) is 5.41 Å². The molecule has 0 bridgehead atoms. The van der Waals surface area contributed by atoms with Crippen molar-refractivity contribution in [3.05, 3.63) is 63.0 Å². The largest absolute Gasteiger partial charge is 0.496 e. The summed E-state index contributed by atoms with van der Waals surface area (Å²) in [6, 6.07) is 9.25. The predicted octanol–water partition coefficient (Wildman–Crippen LogP) is 6.55. The Balaban J connectivity index is 2.11. The van der Waals surface area contributed by atoms with Gasteiger partial charge in [0.25, 0.3) is 5.56 Å². The normalized spacial score (nSPS) is 12.1. The zero-order chi connectivity index (χ0) is 20.9. The van der Waals surface area contributed by atoms with Gasteiger partial charge in [-0.15, -0.1) is 11.3 Å². The Hall–Kier alpha value is -2.66. The number of ether oxygens (including phenoxy) is 1. The summed E-state index contributed by atoms with van der Waals surface area (Å²) in [5.41, 5.74) is 3.56. The van der Waals surface area contributed by atoms with Crippen molar-refractivity contribution >= 4 is 32.3 Å². The van der Waals surface area contributed by atoms with Gasteiger partial charge in [0.2, 0.25) is 0 Å². The molecule has 0 aliphatic carbocycles. The minimum Gasteiger partial charge on any atom is -0.496 e. The van der Waals surface area contributed by atoms with Crippen LogP contribution in [-0.4, -0.2) is 12.1 Å². The molecule has 0 aliphatic rings. The molecule has 0 saturated carbocycles. The topological polar surface area (TPSA) is 42.1 Å². The van der Waals surface area contributed by atoms with E-state index in [-0.39, 0.29) is 16.8 Å². The summed E-state index contributed by atoms with van der Waals surface area (Å²) in [5.74, 6) is 0.438. The van der Waals surface area contributed by atoms with Crippen LogP contribution in [0.15, 0.2) is 40.5 Å². The fourth-order valence-corrected chi connectivity index (χ4v) is 4.72. The highest BCUT2D eigenvalue weighted by atomic mass is 32.1. The van der Waals surface area contributed by atoms with E-state index < -0.39 is 0 Å². The second-order valence-electron chi connectivity index (χ2n) is 8.07. The molecule has 4 aromatic rings. The lowest BCUT2D eigenvalue weighted by Gasteiger charge is -2.24. The third-order valence-electron chi connectivity index (χ3n) is 5.96. The van der Waals surface area contributed by atoms with Crippen LogP contribution in [0.4, 0.5) is 4.39 Å². The van der Waals surface area contributed by atoms with Crippen LogP contribution >= 0.6 is 11.3 Å². The summed E-state index contributed by atoms with van der Waals surface area (Å²) in [6.45, 7) is 8.10. The van der Waals surface area contributed by atoms with E-state index in [1.807, 2.05) is 50.4 Å². The fraction of sp³-hybridized carbons (Fsp3) is 0.292. The molecule has 29 heavy (non-hydrogen) atoms. The molecule has 3 nitrogen and oxygen atoms in total. The molecule has 0 atom stereocenters. The van der Waals surface area contributed by atoms with Gasteiger partial charge in [-0.1, -0.05) is 32.9 Å². The summed E-state index contributed by atoms with van der Waals surface area (Å²) >= 11 is 1.41. The quantitative estimate of drug-likeness (QED) is 0.415. The molecule has 1 N–H and O–H groups in total. The lowest BCUT2D eigenvalue weighted by atomic mass is 9.81. The van der Waals surface area contributed by atoms with Crippen molar-refractivity contribution in [3.63, 3.8) is 0 Å². The number of fused-ring (bicyclic) bond motifs is 3. The van der Waals surface area contributed by atoms with Crippen LogP contribution < -0.4 is 10.3 Å². The van der Waals surface area contributed by atoms with Gasteiger partial charge in [-0.05, 0) is 59.0 Å². The molecule has 2 aromatic carbocycles. The van der Waals surface area contributed by atoms with Gasteiger partial charge in [-0.25, -0.2) is 4.39 Å². The Morgan fingerprint density at radius 3 is 2.62 bits per heavy atom. The molecular weight excluding hydrogens is 385 g/mol. The SMILES string of the molecule is CCC(C)(C)c1ccc(-c2c(OC)cc(C)c3[nH]c(=O)c4sccc4c23)cc1F. The van der Waals surface area contributed by atoms with E-state index in [0.29, 0.717) is 16.0 Å². The number of aromatic amines is 1. The van der Waals surface area contributed by atoms with E-state index in [2.05, 4.69) is 11.9 Å². The highest BCUT2D eigenvalue weighted by Crippen LogP contribution is 2.42. The van der Waals surface area contributed by atoms with Crippen molar-refractivity contribution in [2.45, 2.75) is 39.5 Å². The number of hydrogen-bond acceptors (Lipinski definition) is 3. The molecule has 2 heterocycles. The molecule has 0 aliphatic heterocycles. The molecule has 0 spiro atoms. The molecular formula is C24H24FNO2S. The standard InChI is InChI=1S/C24H24FNO2S/c1-6-24(3,4)16-8-7-14(12-17(16)25)19-18(28-5)11-13(2)21-20(19)15-9-10-29-22(15)23(27)26-21/h7-12H,6H2,1-5H3,(H,26,27). The number of methoxy groups -OCH3 is 1. The first-order valence-electron chi connectivity index (χ1n) is 9.69. The Kier molecular flexibility index (Phi) is 4.74. The number of H-pyrrole nitrogens is 1. The molecule has 0 saturated heterocycles. The molecule has 0 fully saturated rings. The lowest BCUT2D eigenvalue weighted by Crippen LogP contribution is -2.17. The van der Waals surface area contributed by atoms with Gasteiger partial charge in [-0.3, -0.25) is 4.79 Å². The second kappa shape index (κ2) is 6.99. The monoisotopic (exact) mass is 409 g/mol. The molecule has 0 amide bonds. The molecule has 0 radical (unpaired) electrons. The molecule has 0 unspecified atom stereocenters. The van der Waals surface area contributed by atoms with E-state index in [1.165, 1.54) is 11.3 Å². The predicted molar refractivity (Wildman–Crippen MR) is 120 cm³/mol. The molecule has 150 valence electrons. The van der Waals surface area contributed by atoms with Crippen LogP contribution in [0.1, 0.15) is 38.3 Å². The Morgan fingerprint density at radius 2 is 1.97 bits per heavy atom. The molecule has 4 rings (SSSR count). The lowest BCUT2D eigenvalue weighted by molar-refractivity contribution is 0.416. The number of hydrogen-bond donors (Lipinski definition) is 1. The Morgan fingerprint density at radius 1 is 1.21 bits per heavy atom. The van der Waals surface area contributed by atoms with Gasteiger partial charge in [-0.2, -0.15) is 0 Å². The van der Waals surface area contributed by atoms with Gasteiger partial charge in [0.05, 0.1) is 12.6 Å². The van der Waals surface area contributed by atoms with Crippen molar-refractivity contribution in [1.29, 1.82) is 0 Å². The summed E-state index contributed by atoms with van der Waals surface area (Å²) in [5, 5.41) is 3.66. The van der Waals surface area contributed by atoms with Crippen molar-refractivity contribution in [1.82, 2.24) is 4.98 Å². The van der Waals surface area contributed by atoms with Crippen LogP contribution in [0.5, 0.6) is 5.75 Å². The number of rotatable bonds is 4. The van der Waals surface area contributed by atoms with Crippen LogP contribution in [0.3, 0.4) is 0 Å². The van der Waals surface area contributed by atoms with Gasteiger partial charge >= 0.3 is 0 Å². The summed E-state index contributed by atoms with van der Waals surface area (Å²) in [7, 11) is 1.62. The minimum atomic E-state index is -0.242. The number of aryl methyl sites for hydroxylation is 1. The molecule has 5 heteroatoms. The van der Waals surface area contributed by atoms with E-state index in [9.17, 15) is 4.79 Å². The number of benzene rings is 2. The zero-order valence-electron chi connectivity index (χ0n) is 17.3. The number of aromatic nitrogens is 1. The number of nitrogens with one attached hydrogen (secondary N) is 1. The van der Waals surface area contributed by atoms with Crippen molar-refractivity contribution in [2.75, 3.05) is 7.11 Å². The summed E-state index contributed by atoms with van der Waals surface area (Å²) < 4.78 is 21.5. The summed E-state index contributed by atoms with van der Waals surface area (Å²) in [4.78, 5) is 15.5. The average Bonchev–Trinajstić information content (AvgIpc) is 3.19. The molecule has 2 aromatic heterocycles. The van der Waals surface area contributed by atoms with Crippen LogP contribution in [0, 0.1) is 12.7 Å². The van der Waals surface area contributed by atoms with Crippen LogP contribution in [0.2, 0.25) is 0 Å². The third kappa shape index (κ3) is 3.04. The Bertz CT molecular complexity index is 1300. The van der Waals surface area contributed by atoms with Gasteiger partial charge in [0, 0.05) is 16.3 Å². The number of halogens is 1. The number of pyridine rings is 1. The van der Waals surface area contributed by atoms with Crippen molar-refractivity contribution in [3.8, 4) is 16.9 Å². The van der Waals surface area contributed by atoms with Gasteiger partial charge in [0.15, 0.2) is 0 Å². The highest BCUT2D eigenvalue weighted by molar-refractivity contribution is 7.17. The third-order valence-corrected chi connectivity index (χ3v) is 6.87. The summed E-state index contributed by atoms with van der Waals surface area (Å²) in [6.07, 6.45) is 0.844. The first-order valence-corrected chi connectivity index (χ1v) is 10.6. The second-order valence-corrected chi connectivity index (χ2v) is 8.99.